The quantitative estimate of drug-likeness (QED) is 0.721. The van der Waals surface area contributed by atoms with E-state index in [4.69, 9.17) is 5.26 Å². The smallest absolute Gasteiger partial charge is 0.161 e. The summed E-state index contributed by atoms with van der Waals surface area (Å²) in [4.78, 5) is 4.35. The van der Waals surface area contributed by atoms with E-state index in [-0.39, 0.29) is 0 Å². The van der Waals surface area contributed by atoms with Crippen LogP contribution in [0.2, 0.25) is 0 Å². The third-order valence-electron chi connectivity index (χ3n) is 2.32. The highest BCUT2D eigenvalue weighted by Gasteiger charge is 2.17. The Morgan fingerprint density at radius 2 is 1.86 bits per heavy atom. The molecule has 1 aromatic heterocycles. The first-order valence-electron chi connectivity index (χ1n) is 4.97. The van der Waals surface area contributed by atoms with Crippen LogP contribution in [0.15, 0.2) is 0 Å². The second kappa shape index (κ2) is 3.83. The van der Waals surface area contributed by atoms with Gasteiger partial charge >= 0.3 is 0 Å². The molecule has 0 spiro atoms. The normalized spacial score (nSPS) is 11.0. The number of hydrogen-bond acceptors (Lipinski definition) is 2. The second-order valence-corrected chi connectivity index (χ2v) is 4.13. The number of rotatable bonds is 2. The molecule has 0 amide bonds. The van der Waals surface area contributed by atoms with Crippen molar-refractivity contribution in [3.8, 4) is 6.07 Å². The Labute approximate surface area is 85.4 Å². The van der Waals surface area contributed by atoms with Crippen molar-refractivity contribution in [2.45, 2.75) is 46.6 Å². The molecular formula is C11H17N3. The summed E-state index contributed by atoms with van der Waals surface area (Å²) >= 11 is 0. The van der Waals surface area contributed by atoms with Crippen molar-refractivity contribution < 1.29 is 0 Å². The maximum atomic E-state index is 8.89. The fourth-order valence-corrected chi connectivity index (χ4v) is 1.70. The maximum absolute atomic E-state index is 8.89. The van der Waals surface area contributed by atoms with Gasteiger partial charge in [0.1, 0.15) is 11.9 Å². The van der Waals surface area contributed by atoms with Gasteiger partial charge in [-0.2, -0.15) is 5.26 Å². The molecule has 0 atom stereocenters. The topological polar surface area (TPSA) is 41.6 Å². The highest BCUT2D eigenvalue weighted by atomic mass is 15.1. The number of imidazole rings is 1. The molecule has 3 nitrogen and oxygen atoms in total. The van der Waals surface area contributed by atoms with Crippen molar-refractivity contribution in [1.82, 2.24) is 9.55 Å². The van der Waals surface area contributed by atoms with Gasteiger partial charge in [0.2, 0.25) is 0 Å². The predicted molar refractivity (Wildman–Crippen MR) is 56.2 cm³/mol. The summed E-state index contributed by atoms with van der Waals surface area (Å²) in [6, 6.07) is 2.50. The van der Waals surface area contributed by atoms with Gasteiger partial charge < -0.3 is 4.57 Å². The molecule has 3 heteroatoms. The predicted octanol–water partition coefficient (Wildman–Crippen LogP) is 2.77. The fourth-order valence-electron chi connectivity index (χ4n) is 1.70. The fraction of sp³-hybridized carbons (Fsp3) is 0.636. The van der Waals surface area contributed by atoms with Crippen LogP contribution < -0.4 is 0 Å². The van der Waals surface area contributed by atoms with Crippen molar-refractivity contribution in [2.75, 3.05) is 0 Å². The molecule has 0 fully saturated rings. The van der Waals surface area contributed by atoms with Crippen LogP contribution in [0.4, 0.5) is 0 Å². The molecule has 0 aliphatic heterocycles. The van der Waals surface area contributed by atoms with E-state index in [1.165, 1.54) is 0 Å². The minimum absolute atomic E-state index is 0.359. The van der Waals surface area contributed by atoms with Gasteiger partial charge in [-0.25, -0.2) is 4.98 Å². The van der Waals surface area contributed by atoms with Crippen LogP contribution in [0, 0.1) is 18.3 Å². The minimum Gasteiger partial charge on any atom is -0.328 e. The summed E-state index contributed by atoms with van der Waals surface area (Å²) in [6.45, 7) is 10.4. The minimum atomic E-state index is 0.359. The molecule has 1 aromatic rings. The van der Waals surface area contributed by atoms with Crippen LogP contribution >= 0.6 is 0 Å². The molecule has 0 saturated carbocycles. The van der Waals surface area contributed by atoms with Gasteiger partial charge in [0.05, 0.1) is 5.69 Å². The third kappa shape index (κ3) is 1.65. The number of nitriles is 1. The molecule has 0 aromatic carbocycles. The lowest BCUT2D eigenvalue weighted by atomic mass is 10.2. The molecule has 0 radical (unpaired) electrons. The lowest BCUT2D eigenvalue weighted by Crippen LogP contribution is -2.09. The maximum Gasteiger partial charge on any atom is 0.161 e. The van der Waals surface area contributed by atoms with E-state index >= 15 is 0 Å². The van der Waals surface area contributed by atoms with E-state index in [0.29, 0.717) is 17.7 Å². The summed E-state index contributed by atoms with van der Waals surface area (Å²) < 4.78 is 2.14. The number of aromatic nitrogens is 2. The lowest BCUT2D eigenvalue weighted by molar-refractivity contribution is 0.538. The van der Waals surface area contributed by atoms with Crippen molar-refractivity contribution in [1.29, 1.82) is 5.26 Å². The molecule has 0 bridgehead atoms. The van der Waals surface area contributed by atoms with Crippen LogP contribution in [0.3, 0.4) is 0 Å². The summed E-state index contributed by atoms with van der Waals surface area (Å²) in [6.07, 6.45) is 0. The molecule has 0 aliphatic rings. The van der Waals surface area contributed by atoms with Crippen molar-refractivity contribution in [2.24, 2.45) is 0 Å². The van der Waals surface area contributed by atoms with Gasteiger partial charge in [0.15, 0.2) is 5.69 Å². The summed E-state index contributed by atoms with van der Waals surface area (Å²) in [7, 11) is 0. The van der Waals surface area contributed by atoms with Gasteiger partial charge in [-0.15, -0.1) is 0 Å². The Balaban J connectivity index is 3.37. The molecule has 14 heavy (non-hydrogen) atoms. The van der Waals surface area contributed by atoms with E-state index in [9.17, 15) is 0 Å². The zero-order chi connectivity index (χ0) is 10.9. The van der Waals surface area contributed by atoms with Crippen LogP contribution in [-0.4, -0.2) is 9.55 Å². The molecule has 0 aliphatic carbocycles. The van der Waals surface area contributed by atoms with Crippen molar-refractivity contribution >= 4 is 0 Å². The third-order valence-corrected chi connectivity index (χ3v) is 2.32. The van der Waals surface area contributed by atoms with Crippen LogP contribution in [0.25, 0.3) is 0 Å². The van der Waals surface area contributed by atoms with Gasteiger partial charge in [-0.05, 0) is 20.8 Å². The van der Waals surface area contributed by atoms with Gasteiger partial charge in [0, 0.05) is 12.0 Å². The lowest BCUT2D eigenvalue weighted by Gasteiger charge is -2.15. The Kier molecular flexibility index (Phi) is 2.95. The Morgan fingerprint density at radius 1 is 1.29 bits per heavy atom. The van der Waals surface area contributed by atoms with Gasteiger partial charge in [-0.3, -0.25) is 0 Å². The molecule has 0 unspecified atom stereocenters. The monoisotopic (exact) mass is 191 g/mol. The second-order valence-electron chi connectivity index (χ2n) is 4.13. The van der Waals surface area contributed by atoms with E-state index in [2.05, 4.69) is 43.3 Å². The molecule has 1 rings (SSSR count). The Morgan fingerprint density at radius 3 is 2.14 bits per heavy atom. The zero-order valence-electron chi connectivity index (χ0n) is 9.50. The largest absolute Gasteiger partial charge is 0.328 e. The molecule has 0 N–H and O–H groups in total. The number of hydrogen-bond donors (Lipinski definition) is 0. The average Bonchev–Trinajstić information content (AvgIpc) is 2.42. The molecule has 0 saturated heterocycles. The van der Waals surface area contributed by atoms with Gasteiger partial charge in [-0.1, -0.05) is 13.8 Å². The van der Waals surface area contributed by atoms with E-state index in [1.807, 2.05) is 6.92 Å². The van der Waals surface area contributed by atoms with E-state index in [1.54, 1.807) is 0 Å². The highest BCUT2D eigenvalue weighted by Crippen LogP contribution is 2.22. The summed E-state index contributed by atoms with van der Waals surface area (Å²) in [5.41, 5.74) is 1.54. The van der Waals surface area contributed by atoms with Crippen LogP contribution in [0.5, 0.6) is 0 Å². The first-order valence-corrected chi connectivity index (χ1v) is 4.97. The van der Waals surface area contributed by atoms with E-state index < -0.39 is 0 Å². The standard InChI is InChI=1S/C11H17N3/c1-7(2)11-13-10(6-12)9(5)14(11)8(3)4/h7-8H,1-5H3. The van der Waals surface area contributed by atoms with Crippen molar-refractivity contribution in [3.63, 3.8) is 0 Å². The van der Waals surface area contributed by atoms with E-state index in [0.717, 1.165) is 11.5 Å². The summed E-state index contributed by atoms with van der Waals surface area (Å²) in [5.74, 6) is 1.37. The number of nitrogens with zero attached hydrogens (tertiary/aromatic N) is 3. The zero-order valence-corrected chi connectivity index (χ0v) is 9.50. The first-order chi connectivity index (χ1) is 6.49. The van der Waals surface area contributed by atoms with Crippen LogP contribution in [0.1, 0.15) is 56.9 Å². The molecular weight excluding hydrogens is 174 g/mol. The summed E-state index contributed by atoms with van der Waals surface area (Å²) in [5, 5.41) is 8.89. The Bertz CT molecular complexity index is 367. The molecule has 76 valence electrons. The Hall–Kier alpha value is -1.30. The van der Waals surface area contributed by atoms with Crippen LogP contribution in [-0.2, 0) is 0 Å². The first kappa shape index (κ1) is 10.8. The SMILES string of the molecule is Cc1c(C#N)nc(C(C)C)n1C(C)C. The van der Waals surface area contributed by atoms with Gasteiger partial charge in [0.25, 0.3) is 0 Å². The molecule has 1 heterocycles. The average molecular weight is 191 g/mol. The van der Waals surface area contributed by atoms with Crippen molar-refractivity contribution in [3.05, 3.63) is 17.2 Å². The highest BCUT2D eigenvalue weighted by molar-refractivity contribution is 5.29.